The Kier molecular flexibility index (Phi) is 6.40. The highest BCUT2D eigenvalue weighted by Crippen LogP contribution is 2.49. The summed E-state index contributed by atoms with van der Waals surface area (Å²) in [5.74, 6) is 1.26. The normalized spacial score (nSPS) is 17.9. The van der Waals surface area contributed by atoms with E-state index in [2.05, 4.69) is 13.8 Å². The molecule has 0 amide bonds. The zero-order valence-corrected chi connectivity index (χ0v) is 15.9. The third-order valence-corrected chi connectivity index (χ3v) is 6.04. The van der Waals surface area contributed by atoms with Gasteiger partial charge in [0, 0.05) is 0 Å². The van der Waals surface area contributed by atoms with Crippen LogP contribution in [0, 0.1) is 11.8 Å². The highest BCUT2D eigenvalue weighted by Gasteiger charge is 2.49. The fourth-order valence-electron chi connectivity index (χ4n) is 3.92. The van der Waals surface area contributed by atoms with Gasteiger partial charge in [0.25, 0.3) is 0 Å². The quantitative estimate of drug-likeness (QED) is 0.480. The Morgan fingerprint density at radius 3 is 2.17 bits per heavy atom. The third kappa shape index (κ3) is 3.49. The molecule has 1 atom stereocenters. The van der Waals surface area contributed by atoms with Gasteiger partial charge in [-0.15, -0.1) is 0 Å². The Morgan fingerprint density at radius 2 is 1.75 bits per heavy atom. The van der Waals surface area contributed by atoms with Crippen molar-refractivity contribution in [2.75, 3.05) is 14.2 Å². The molecule has 1 aromatic rings. The average Bonchev–Trinajstić information content (AvgIpc) is 3.13. The average molecular weight is 350 g/mol. The number of carbonyl (C=O) groups is 1. The van der Waals surface area contributed by atoms with Crippen molar-refractivity contribution >= 4 is 14.2 Å². The van der Waals surface area contributed by atoms with Gasteiger partial charge in [0.05, 0.1) is 14.2 Å². The third-order valence-electron chi connectivity index (χ3n) is 4.96. The molecule has 1 saturated carbocycles. The number of benzene rings is 1. The molecule has 24 heavy (non-hydrogen) atoms. The van der Waals surface area contributed by atoms with Crippen molar-refractivity contribution in [2.45, 2.75) is 51.1 Å². The second-order valence-electron chi connectivity index (χ2n) is 6.96. The first-order chi connectivity index (χ1) is 11.5. The second kappa shape index (κ2) is 8.11. The van der Waals surface area contributed by atoms with Crippen LogP contribution in [0.3, 0.4) is 0 Å². The maximum Gasteiger partial charge on any atom is 0.188 e. The highest BCUT2D eigenvalue weighted by atomic mass is 31.1. The highest BCUT2D eigenvalue weighted by molar-refractivity contribution is 7.28. The summed E-state index contributed by atoms with van der Waals surface area (Å²) in [4.78, 5) is 13.6. The Morgan fingerprint density at radius 1 is 1.21 bits per heavy atom. The molecule has 1 aliphatic rings. The Bertz CT molecular complexity index is 571. The summed E-state index contributed by atoms with van der Waals surface area (Å²) < 4.78 is 23.2. The van der Waals surface area contributed by atoms with E-state index in [0.717, 1.165) is 25.7 Å². The Hall–Kier alpha value is -1.41. The van der Waals surface area contributed by atoms with E-state index in [4.69, 9.17) is 9.47 Å². The van der Waals surface area contributed by atoms with Gasteiger partial charge in [0.15, 0.2) is 14.2 Å². The molecule has 2 rings (SSSR count). The lowest BCUT2D eigenvalue weighted by atomic mass is 9.78. The summed E-state index contributed by atoms with van der Waals surface area (Å²) in [6.07, 6.45) is 4.69. The van der Waals surface area contributed by atoms with E-state index < -0.39 is 5.16 Å². The molecule has 0 heterocycles. The van der Waals surface area contributed by atoms with Crippen molar-refractivity contribution in [3.63, 3.8) is 0 Å². The first-order valence-corrected chi connectivity index (χ1v) is 9.41. The molecule has 1 fully saturated rings. The van der Waals surface area contributed by atoms with Gasteiger partial charge in [-0.3, -0.25) is 9.36 Å². The van der Waals surface area contributed by atoms with Crippen molar-refractivity contribution in [2.24, 2.45) is 11.8 Å². The summed E-state index contributed by atoms with van der Waals surface area (Å²) in [6, 6.07) is 5.31. The molecule has 0 N–H and O–H groups in total. The van der Waals surface area contributed by atoms with Crippen LogP contribution >= 0.6 is 8.46 Å². The van der Waals surface area contributed by atoms with E-state index in [9.17, 15) is 9.36 Å². The number of ketones is 1. The van der Waals surface area contributed by atoms with Gasteiger partial charge in [0.2, 0.25) is 0 Å². The Balaban J connectivity index is 2.58. The van der Waals surface area contributed by atoms with Crippen molar-refractivity contribution in [3.05, 3.63) is 23.8 Å². The monoisotopic (exact) mass is 350 g/mol. The lowest BCUT2D eigenvalue weighted by Crippen LogP contribution is -2.41. The number of hydrogen-bond donors (Lipinski definition) is 0. The van der Waals surface area contributed by atoms with Crippen molar-refractivity contribution < 1.29 is 18.8 Å². The van der Waals surface area contributed by atoms with E-state index in [-0.39, 0.29) is 26.1 Å². The molecule has 4 nitrogen and oxygen atoms in total. The number of Topliss-reactive ketones (excluding diaryl/α,β-unsaturated/α-hetero) is 1. The number of ether oxygens (including phenoxy) is 2. The summed E-state index contributed by atoms with van der Waals surface area (Å²) in [5.41, 5.74) is 0.415. The molecule has 0 saturated heterocycles. The first-order valence-electron chi connectivity index (χ1n) is 8.60. The lowest BCUT2D eigenvalue weighted by Gasteiger charge is -2.34. The van der Waals surface area contributed by atoms with Crippen LogP contribution in [0.5, 0.6) is 11.5 Å². The van der Waals surface area contributed by atoms with Crippen LogP contribution in [0.4, 0.5) is 0 Å². The first kappa shape index (κ1) is 18.9. The molecule has 5 heteroatoms. The number of rotatable bonds is 8. The smallest absolute Gasteiger partial charge is 0.188 e. The predicted octanol–water partition coefficient (Wildman–Crippen LogP) is 5.15. The molecule has 0 aromatic heterocycles. The largest absolute Gasteiger partial charge is 0.496 e. The minimum atomic E-state index is -0.896. The Labute approximate surface area is 146 Å². The molecular weight excluding hydrogens is 323 g/mol. The standard InChI is InChI=1S/C19H27O4P/c1-13(2)12-19(24-21,14-8-5-6-9-14)18(20)17-15(22-3)10-7-11-16(17)23-4/h7,10-11,13-14H,5-6,8-9,12H2,1-4H3. The van der Waals surface area contributed by atoms with Crippen LogP contribution in [0.25, 0.3) is 0 Å². The number of carbonyl (C=O) groups excluding carboxylic acids is 1. The van der Waals surface area contributed by atoms with Gasteiger partial charge in [-0.05, 0) is 43.2 Å². The van der Waals surface area contributed by atoms with Crippen LogP contribution in [0.2, 0.25) is 0 Å². The van der Waals surface area contributed by atoms with E-state index in [1.165, 1.54) is 0 Å². The van der Waals surface area contributed by atoms with Gasteiger partial charge >= 0.3 is 0 Å². The van der Waals surface area contributed by atoms with Crippen LogP contribution in [-0.2, 0) is 4.57 Å². The molecule has 0 spiro atoms. The van der Waals surface area contributed by atoms with E-state index in [0.29, 0.717) is 23.5 Å². The molecule has 0 bridgehead atoms. The van der Waals surface area contributed by atoms with Gasteiger partial charge < -0.3 is 9.47 Å². The minimum absolute atomic E-state index is 0.0948. The number of methoxy groups -OCH3 is 2. The molecule has 1 aliphatic carbocycles. The zero-order valence-electron chi connectivity index (χ0n) is 15.0. The molecule has 0 aliphatic heterocycles. The number of hydrogen-bond acceptors (Lipinski definition) is 4. The van der Waals surface area contributed by atoms with E-state index >= 15 is 0 Å². The zero-order chi connectivity index (χ0) is 17.7. The fourth-order valence-corrected chi connectivity index (χ4v) is 4.96. The minimum Gasteiger partial charge on any atom is -0.496 e. The van der Waals surface area contributed by atoms with Gasteiger partial charge in [-0.1, -0.05) is 32.8 Å². The van der Waals surface area contributed by atoms with E-state index in [1.54, 1.807) is 32.4 Å². The van der Waals surface area contributed by atoms with Gasteiger partial charge in [-0.2, -0.15) is 0 Å². The summed E-state index contributed by atoms with van der Waals surface area (Å²) >= 11 is 0. The maximum atomic E-state index is 13.6. The summed E-state index contributed by atoms with van der Waals surface area (Å²) in [5, 5.41) is -0.896. The summed E-state index contributed by atoms with van der Waals surface area (Å²) in [6.45, 7) is 4.14. The molecule has 1 unspecified atom stereocenters. The second-order valence-corrected chi connectivity index (χ2v) is 7.94. The van der Waals surface area contributed by atoms with Gasteiger partial charge in [0.1, 0.15) is 22.2 Å². The predicted molar refractivity (Wildman–Crippen MR) is 95.6 cm³/mol. The van der Waals surface area contributed by atoms with Crippen molar-refractivity contribution in [3.8, 4) is 11.5 Å². The maximum absolute atomic E-state index is 13.6. The van der Waals surface area contributed by atoms with Crippen molar-refractivity contribution in [1.82, 2.24) is 0 Å². The van der Waals surface area contributed by atoms with Crippen LogP contribution in [0.15, 0.2) is 18.2 Å². The molecule has 132 valence electrons. The fraction of sp³-hybridized carbons (Fsp3) is 0.632. The molecule has 0 radical (unpaired) electrons. The topological polar surface area (TPSA) is 52.6 Å². The molecular formula is C19H27O4P. The SMILES string of the molecule is COc1cccc(OC)c1C(=O)C(CC(C)C)(P=O)C1CCCC1. The van der Waals surface area contributed by atoms with Crippen molar-refractivity contribution in [1.29, 1.82) is 0 Å². The molecule has 1 aromatic carbocycles. The lowest BCUT2D eigenvalue weighted by molar-refractivity contribution is 0.0876. The van der Waals surface area contributed by atoms with E-state index in [1.807, 2.05) is 0 Å². The van der Waals surface area contributed by atoms with Crippen LogP contribution < -0.4 is 9.47 Å². The van der Waals surface area contributed by atoms with Gasteiger partial charge in [-0.25, -0.2) is 0 Å². The van der Waals surface area contributed by atoms with Crippen LogP contribution in [0.1, 0.15) is 56.3 Å². The summed E-state index contributed by atoms with van der Waals surface area (Å²) in [7, 11) is 2.99. The van der Waals surface area contributed by atoms with Crippen LogP contribution in [-0.4, -0.2) is 25.2 Å².